The summed E-state index contributed by atoms with van der Waals surface area (Å²) in [5.41, 5.74) is 3.71. The highest BCUT2D eigenvalue weighted by Gasteiger charge is 2.40. The summed E-state index contributed by atoms with van der Waals surface area (Å²) < 4.78 is 5.48. The SMILES string of the molecule is COc1cc(CC(=O)N2CCc3cc(C(CC(=O)O)C(C)(C)C(=O)O)ccc32)ccc1NC(=O)Nc1ccccc1C. The van der Waals surface area contributed by atoms with Gasteiger partial charge in [0.15, 0.2) is 0 Å². The van der Waals surface area contributed by atoms with E-state index in [4.69, 9.17) is 4.74 Å². The van der Waals surface area contributed by atoms with Crippen molar-refractivity contribution < 1.29 is 34.1 Å². The second-order valence-corrected chi connectivity index (χ2v) is 11.0. The van der Waals surface area contributed by atoms with Gasteiger partial charge in [0.1, 0.15) is 5.75 Å². The van der Waals surface area contributed by atoms with Crippen LogP contribution < -0.4 is 20.3 Å². The Balaban J connectivity index is 1.47. The van der Waals surface area contributed by atoms with Gasteiger partial charge in [-0.1, -0.05) is 36.4 Å². The van der Waals surface area contributed by atoms with Gasteiger partial charge in [-0.05, 0) is 73.7 Å². The van der Waals surface area contributed by atoms with E-state index in [1.807, 2.05) is 37.3 Å². The Morgan fingerprint density at radius 1 is 0.976 bits per heavy atom. The molecule has 220 valence electrons. The zero-order valence-electron chi connectivity index (χ0n) is 24.1. The average molecular weight is 574 g/mol. The number of carbonyl (C=O) groups is 4. The molecule has 3 aromatic rings. The molecule has 10 heteroatoms. The molecule has 3 amide bonds. The summed E-state index contributed by atoms with van der Waals surface area (Å²) in [7, 11) is 1.49. The Morgan fingerprint density at radius 2 is 1.69 bits per heavy atom. The maximum Gasteiger partial charge on any atom is 0.323 e. The maximum atomic E-state index is 13.3. The molecule has 3 aromatic carbocycles. The zero-order valence-corrected chi connectivity index (χ0v) is 24.1. The third-order valence-electron chi connectivity index (χ3n) is 7.77. The summed E-state index contributed by atoms with van der Waals surface area (Å²) in [5.74, 6) is -2.60. The van der Waals surface area contributed by atoms with Crippen molar-refractivity contribution in [1.29, 1.82) is 0 Å². The van der Waals surface area contributed by atoms with Gasteiger partial charge in [-0.3, -0.25) is 14.4 Å². The standard InChI is InChI=1S/C32H35N3O7/c1-19-7-5-6-8-24(19)33-31(41)34-25-11-9-20(15-27(25)42-4)16-28(36)35-14-13-22-17-21(10-12-26(22)35)23(18-29(37)38)32(2,3)30(39)40/h5-12,15,17,23H,13-14,16,18H2,1-4H3,(H,37,38)(H,39,40)(H2,33,34,41). The van der Waals surface area contributed by atoms with Gasteiger partial charge in [-0.2, -0.15) is 0 Å². The topological polar surface area (TPSA) is 145 Å². The number of rotatable bonds is 10. The van der Waals surface area contributed by atoms with Crippen molar-refractivity contribution in [2.24, 2.45) is 5.41 Å². The molecule has 1 aliphatic heterocycles. The Bertz CT molecular complexity index is 1530. The fourth-order valence-electron chi connectivity index (χ4n) is 5.22. The number of amides is 3. The van der Waals surface area contributed by atoms with Crippen LogP contribution >= 0.6 is 0 Å². The monoisotopic (exact) mass is 573 g/mol. The molecule has 0 saturated heterocycles. The predicted octanol–water partition coefficient (Wildman–Crippen LogP) is 5.45. The first-order chi connectivity index (χ1) is 19.9. The lowest BCUT2D eigenvalue weighted by Crippen LogP contribution is -2.33. The van der Waals surface area contributed by atoms with E-state index in [0.29, 0.717) is 41.2 Å². The van der Waals surface area contributed by atoms with Gasteiger partial charge in [0.25, 0.3) is 0 Å². The lowest BCUT2D eigenvalue weighted by Gasteiger charge is -2.30. The number of urea groups is 1. The number of carboxylic acids is 2. The minimum absolute atomic E-state index is 0.0981. The highest BCUT2D eigenvalue weighted by Crippen LogP contribution is 2.41. The molecular weight excluding hydrogens is 538 g/mol. The number of fused-ring (bicyclic) bond motifs is 1. The highest BCUT2D eigenvalue weighted by atomic mass is 16.5. The molecule has 0 saturated carbocycles. The van der Waals surface area contributed by atoms with Crippen LogP contribution in [-0.2, 0) is 27.2 Å². The van der Waals surface area contributed by atoms with Gasteiger partial charge in [-0.15, -0.1) is 0 Å². The summed E-state index contributed by atoms with van der Waals surface area (Å²) in [6.07, 6.45) is 0.353. The minimum atomic E-state index is -1.29. The number of hydrogen-bond acceptors (Lipinski definition) is 5. The Kier molecular flexibility index (Phi) is 8.84. The first-order valence-corrected chi connectivity index (χ1v) is 13.6. The van der Waals surface area contributed by atoms with E-state index in [2.05, 4.69) is 10.6 Å². The number of ether oxygens (including phenoxy) is 1. The molecule has 1 heterocycles. The molecule has 0 aliphatic carbocycles. The van der Waals surface area contributed by atoms with Crippen LogP contribution in [-0.4, -0.2) is 47.7 Å². The normalized spacial score (nSPS) is 13.2. The van der Waals surface area contributed by atoms with Crippen LogP contribution in [0.25, 0.3) is 0 Å². The van der Waals surface area contributed by atoms with Crippen LogP contribution in [0.2, 0.25) is 0 Å². The summed E-state index contributed by atoms with van der Waals surface area (Å²) >= 11 is 0. The van der Waals surface area contributed by atoms with Gasteiger partial charge >= 0.3 is 18.0 Å². The van der Waals surface area contributed by atoms with Crippen molar-refractivity contribution in [3.05, 3.63) is 82.9 Å². The molecular formula is C32H35N3O7. The van der Waals surface area contributed by atoms with E-state index in [9.17, 15) is 29.4 Å². The number of nitrogens with one attached hydrogen (secondary N) is 2. The molecule has 0 fully saturated rings. The molecule has 0 bridgehead atoms. The molecule has 4 rings (SSSR count). The Hall–Kier alpha value is -4.86. The van der Waals surface area contributed by atoms with Gasteiger partial charge < -0.3 is 30.5 Å². The first kappa shape index (κ1) is 30.1. The average Bonchev–Trinajstić information content (AvgIpc) is 3.37. The number of anilines is 3. The summed E-state index contributed by atoms with van der Waals surface area (Å²) in [4.78, 5) is 51.0. The number of aryl methyl sites for hydroxylation is 1. The molecule has 10 nitrogen and oxygen atoms in total. The van der Waals surface area contributed by atoms with Crippen molar-refractivity contribution >= 4 is 40.9 Å². The second kappa shape index (κ2) is 12.3. The fourth-order valence-corrected chi connectivity index (χ4v) is 5.22. The lowest BCUT2D eigenvalue weighted by atomic mass is 9.73. The van der Waals surface area contributed by atoms with Gasteiger partial charge in [0, 0.05) is 23.8 Å². The van der Waals surface area contributed by atoms with Gasteiger partial charge in [-0.25, -0.2) is 4.79 Å². The minimum Gasteiger partial charge on any atom is -0.495 e. The first-order valence-electron chi connectivity index (χ1n) is 13.6. The third-order valence-corrected chi connectivity index (χ3v) is 7.77. The van der Waals surface area contributed by atoms with Crippen molar-refractivity contribution in [3.63, 3.8) is 0 Å². The third kappa shape index (κ3) is 6.54. The summed E-state index contributed by atoms with van der Waals surface area (Å²) in [6, 6.07) is 17.5. The number of carboxylic acid groups (broad SMARTS) is 2. The van der Waals surface area contributed by atoms with Gasteiger partial charge in [0.2, 0.25) is 5.91 Å². The van der Waals surface area contributed by atoms with Crippen LogP contribution in [0.5, 0.6) is 5.75 Å². The number of hydrogen-bond donors (Lipinski definition) is 4. The molecule has 4 N–H and O–H groups in total. The van der Waals surface area contributed by atoms with E-state index in [1.54, 1.807) is 35.2 Å². The number of carbonyl (C=O) groups excluding carboxylic acids is 2. The number of methoxy groups -OCH3 is 1. The maximum absolute atomic E-state index is 13.3. The number of nitrogens with zero attached hydrogens (tertiary/aromatic N) is 1. The predicted molar refractivity (Wildman–Crippen MR) is 159 cm³/mol. The smallest absolute Gasteiger partial charge is 0.323 e. The molecule has 1 unspecified atom stereocenters. The number of para-hydroxylation sites is 1. The summed E-state index contributed by atoms with van der Waals surface area (Å²) in [5, 5.41) is 24.7. The largest absolute Gasteiger partial charge is 0.495 e. The fraction of sp³-hybridized carbons (Fsp3) is 0.312. The summed E-state index contributed by atoms with van der Waals surface area (Å²) in [6.45, 7) is 5.41. The number of aliphatic carboxylic acids is 2. The Labute approximate surface area is 244 Å². The van der Waals surface area contributed by atoms with Crippen molar-refractivity contribution in [2.45, 2.75) is 46.0 Å². The van der Waals surface area contributed by atoms with Crippen LogP contribution in [0.1, 0.15) is 48.4 Å². The van der Waals surface area contributed by atoms with Crippen LogP contribution in [0.15, 0.2) is 60.7 Å². The van der Waals surface area contributed by atoms with Crippen molar-refractivity contribution in [2.75, 3.05) is 29.2 Å². The van der Waals surface area contributed by atoms with E-state index < -0.39 is 29.3 Å². The van der Waals surface area contributed by atoms with Crippen molar-refractivity contribution in [1.82, 2.24) is 0 Å². The van der Waals surface area contributed by atoms with Crippen molar-refractivity contribution in [3.8, 4) is 5.75 Å². The molecule has 42 heavy (non-hydrogen) atoms. The van der Waals surface area contributed by atoms with Crippen LogP contribution in [0, 0.1) is 12.3 Å². The van der Waals surface area contributed by atoms with Crippen LogP contribution in [0.3, 0.4) is 0 Å². The molecule has 0 radical (unpaired) electrons. The van der Waals surface area contributed by atoms with Crippen LogP contribution in [0.4, 0.5) is 21.9 Å². The number of benzene rings is 3. The molecule has 1 atom stereocenters. The van der Waals surface area contributed by atoms with E-state index in [1.165, 1.54) is 21.0 Å². The highest BCUT2D eigenvalue weighted by molar-refractivity contribution is 6.01. The molecule has 0 aromatic heterocycles. The van der Waals surface area contributed by atoms with Gasteiger partial charge in [0.05, 0.1) is 31.1 Å². The Morgan fingerprint density at radius 3 is 2.36 bits per heavy atom. The zero-order chi connectivity index (χ0) is 30.6. The van der Waals surface area contributed by atoms with E-state index in [-0.39, 0.29) is 18.7 Å². The molecule has 1 aliphatic rings. The van der Waals surface area contributed by atoms with E-state index >= 15 is 0 Å². The lowest BCUT2D eigenvalue weighted by molar-refractivity contribution is -0.149. The van der Waals surface area contributed by atoms with E-state index in [0.717, 1.165) is 16.8 Å². The molecule has 0 spiro atoms. The quantitative estimate of drug-likeness (QED) is 0.252. The second-order valence-electron chi connectivity index (χ2n) is 11.0.